The Kier molecular flexibility index (Phi) is 5.96. The van der Waals surface area contributed by atoms with E-state index < -0.39 is 12.3 Å². The van der Waals surface area contributed by atoms with Crippen LogP contribution in [0.25, 0.3) is 10.8 Å². The molecule has 2 aromatic rings. The van der Waals surface area contributed by atoms with E-state index in [1.54, 1.807) is 24.3 Å². The maximum absolute atomic E-state index is 10.8. The zero-order valence-electron chi connectivity index (χ0n) is 12.5. The molecule has 122 valence electrons. The topological polar surface area (TPSA) is 85.2 Å². The third-order valence-corrected chi connectivity index (χ3v) is 3.02. The Morgan fingerprint density at radius 1 is 1.17 bits per heavy atom. The fourth-order valence-electron chi connectivity index (χ4n) is 1.98. The lowest BCUT2D eigenvalue weighted by Gasteiger charge is -2.15. The summed E-state index contributed by atoms with van der Waals surface area (Å²) in [5.41, 5.74) is 0. The molecular formula is C17H18O6. The number of aromatic hydroxyl groups is 1. The fraction of sp³-hybridized carbons (Fsp3) is 0.235. The highest BCUT2D eigenvalue weighted by molar-refractivity contribution is 5.92. The van der Waals surface area contributed by atoms with E-state index in [9.17, 15) is 15.0 Å². The summed E-state index contributed by atoms with van der Waals surface area (Å²) in [5.74, 6) is 0.0521. The van der Waals surface area contributed by atoms with Crippen molar-refractivity contribution >= 4 is 16.7 Å². The van der Waals surface area contributed by atoms with Crippen LogP contribution in [0, 0.1) is 0 Å². The molecule has 2 rings (SSSR count). The van der Waals surface area contributed by atoms with Crippen molar-refractivity contribution in [1.29, 1.82) is 0 Å². The Morgan fingerprint density at radius 2 is 1.91 bits per heavy atom. The second-order valence-corrected chi connectivity index (χ2v) is 4.65. The highest BCUT2D eigenvalue weighted by atomic mass is 16.6. The summed E-state index contributed by atoms with van der Waals surface area (Å²) >= 11 is 0. The van der Waals surface area contributed by atoms with Crippen molar-refractivity contribution < 1.29 is 29.2 Å². The highest BCUT2D eigenvalue weighted by Gasteiger charge is 2.11. The Hall–Kier alpha value is -2.57. The molecule has 2 aromatic carbocycles. The lowest BCUT2D eigenvalue weighted by molar-refractivity contribution is -0.140. The van der Waals surface area contributed by atoms with Gasteiger partial charge in [-0.15, -0.1) is 0 Å². The Balaban J connectivity index is 1.86. The van der Waals surface area contributed by atoms with Crippen LogP contribution in [0.2, 0.25) is 0 Å². The van der Waals surface area contributed by atoms with Crippen LogP contribution in [0.1, 0.15) is 0 Å². The molecule has 0 aromatic heterocycles. The molecular weight excluding hydrogens is 300 g/mol. The predicted molar refractivity (Wildman–Crippen MR) is 84.2 cm³/mol. The first-order valence-electron chi connectivity index (χ1n) is 7.04. The number of phenols is 1. The van der Waals surface area contributed by atoms with Gasteiger partial charge >= 0.3 is 5.97 Å². The van der Waals surface area contributed by atoms with Gasteiger partial charge in [-0.25, -0.2) is 4.79 Å². The van der Waals surface area contributed by atoms with Crippen molar-refractivity contribution in [3.63, 3.8) is 0 Å². The van der Waals surface area contributed by atoms with Gasteiger partial charge in [-0.05, 0) is 12.1 Å². The molecule has 6 nitrogen and oxygen atoms in total. The number of hydrogen-bond donors (Lipinski definition) is 2. The van der Waals surface area contributed by atoms with Gasteiger partial charge in [0.05, 0.1) is 6.61 Å². The van der Waals surface area contributed by atoms with Gasteiger partial charge in [0.25, 0.3) is 0 Å². The summed E-state index contributed by atoms with van der Waals surface area (Å²) in [6, 6.07) is 10.2. The largest absolute Gasteiger partial charge is 0.507 e. The van der Waals surface area contributed by atoms with Crippen LogP contribution in [0.15, 0.2) is 49.1 Å². The van der Waals surface area contributed by atoms with Crippen molar-refractivity contribution in [1.82, 2.24) is 0 Å². The zero-order chi connectivity index (χ0) is 16.7. The lowest BCUT2D eigenvalue weighted by atomic mass is 10.1. The summed E-state index contributed by atoms with van der Waals surface area (Å²) in [6.07, 6.45) is -0.119. The molecule has 0 aliphatic heterocycles. The Labute approximate surface area is 133 Å². The molecule has 0 aliphatic rings. The summed E-state index contributed by atoms with van der Waals surface area (Å²) in [6.45, 7) is 3.39. The van der Waals surface area contributed by atoms with Crippen molar-refractivity contribution in [3.05, 3.63) is 49.1 Å². The molecule has 23 heavy (non-hydrogen) atoms. The highest BCUT2D eigenvalue weighted by Crippen LogP contribution is 2.32. The van der Waals surface area contributed by atoms with Crippen LogP contribution in [0.5, 0.6) is 11.5 Å². The standard InChI is InChI=1S/C17H18O6/c1-2-16(19)22-10-9-21-11-17(20)23-15-8-7-14(18)12-5-3-4-6-13(12)15/h2-8,17-18,20H,1,9-11H2. The van der Waals surface area contributed by atoms with E-state index in [1.165, 1.54) is 6.07 Å². The number of rotatable bonds is 8. The molecule has 0 saturated heterocycles. The smallest absolute Gasteiger partial charge is 0.330 e. The van der Waals surface area contributed by atoms with Gasteiger partial charge in [0.15, 0.2) is 0 Å². The van der Waals surface area contributed by atoms with E-state index in [0.29, 0.717) is 16.5 Å². The van der Waals surface area contributed by atoms with E-state index in [1.807, 2.05) is 6.07 Å². The average molecular weight is 318 g/mol. The Morgan fingerprint density at radius 3 is 2.65 bits per heavy atom. The molecule has 1 atom stereocenters. The number of benzene rings is 2. The number of carbonyl (C=O) groups is 1. The summed E-state index contributed by atoms with van der Waals surface area (Å²) in [7, 11) is 0. The lowest BCUT2D eigenvalue weighted by Crippen LogP contribution is -2.23. The molecule has 0 radical (unpaired) electrons. The number of ether oxygens (including phenoxy) is 3. The molecule has 0 spiro atoms. The number of esters is 1. The van der Waals surface area contributed by atoms with E-state index >= 15 is 0 Å². The molecule has 0 saturated carbocycles. The Bertz CT molecular complexity index is 682. The van der Waals surface area contributed by atoms with Crippen LogP contribution < -0.4 is 4.74 Å². The molecule has 0 amide bonds. The first kappa shape index (κ1) is 16.8. The minimum Gasteiger partial charge on any atom is -0.507 e. The third-order valence-electron chi connectivity index (χ3n) is 3.02. The SMILES string of the molecule is C=CC(=O)OCCOCC(O)Oc1ccc(O)c2ccccc12. The van der Waals surface area contributed by atoms with Crippen LogP contribution in [0.3, 0.4) is 0 Å². The predicted octanol–water partition coefficient (Wildman–Crippen LogP) is 1.99. The van der Waals surface area contributed by atoms with Crippen molar-refractivity contribution in [2.24, 2.45) is 0 Å². The number of aliphatic hydroxyl groups excluding tert-OH is 1. The first-order chi connectivity index (χ1) is 11.1. The number of phenolic OH excluding ortho intramolecular Hbond substituents is 1. The van der Waals surface area contributed by atoms with E-state index in [0.717, 1.165) is 6.08 Å². The number of carbonyl (C=O) groups excluding carboxylic acids is 1. The minimum absolute atomic E-state index is 0.0692. The van der Waals surface area contributed by atoms with Crippen molar-refractivity contribution in [2.45, 2.75) is 6.29 Å². The third kappa shape index (κ3) is 4.70. The van der Waals surface area contributed by atoms with Gasteiger partial charge in [-0.2, -0.15) is 0 Å². The average Bonchev–Trinajstić information content (AvgIpc) is 2.57. The van der Waals surface area contributed by atoms with Crippen LogP contribution in [0.4, 0.5) is 0 Å². The summed E-state index contributed by atoms with van der Waals surface area (Å²) in [5, 5.41) is 21.0. The van der Waals surface area contributed by atoms with Gasteiger partial charge in [0.1, 0.15) is 24.7 Å². The first-order valence-corrected chi connectivity index (χ1v) is 7.04. The van der Waals surface area contributed by atoms with Gasteiger partial charge in [-0.1, -0.05) is 30.8 Å². The maximum atomic E-state index is 10.8. The number of aliphatic hydroxyl groups is 1. The molecule has 0 heterocycles. The summed E-state index contributed by atoms with van der Waals surface area (Å²) in [4.78, 5) is 10.8. The molecule has 0 fully saturated rings. The molecule has 1 unspecified atom stereocenters. The van der Waals surface area contributed by atoms with Gasteiger partial charge in [-0.3, -0.25) is 0 Å². The van der Waals surface area contributed by atoms with E-state index in [-0.39, 0.29) is 25.6 Å². The second kappa shape index (κ2) is 8.17. The van der Waals surface area contributed by atoms with E-state index in [4.69, 9.17) is 14.2 Å². The van der Waals surface area contributed by atoms with Crippen molar-refractivity contribution in [2.75, 3.05) is 19.8 Å². The quantitative estimate of drug-likeness (QED) is 0.335. The van der Waals surface area contributed by atoms with Crippen LogP contribution in [-0.4, -0.2) is 42.3 Å². The van der Waals surface area contributed by atoms with Crippen molar-refractivity contribution in [3.8, 4) is 11.5 Å². The molecule has 0 aliphatic carbocycles. The van der Waals surface area contributed by atoms with Gasteiger partial charge < -0.3 is 24.4 Å². The van der Waals surface area contributed by atoms with E-state index in [2.05, 4.69) is 6.58 Å². The van der Waals surface area contributed by atoms with Gasteiger partial charge in [0.2, 0.25) is 6.29 Å². The molecule has 2 N–H and O–H groups in total. The molecule has 6 heteroatoms. The second-order valence-electron chi connectivity index (χ2n) is 4.65. The molecule has 0 bridgehead atoms. The van der Waals surface area contributed by atoms with Gasteiger partial charge in [0, 0.05) is 16.8 Å². The monoisotopic (exact) mass is 318 g/mol. The maximum Gasteiger partial charge on any atom is 0.330 e. The fourth-order valence-corrected chi connectivity index (χ4v) is 1.98. The zero-order valence-corrected chi connectivity index (χ0v) is 12.5. The summed E-state index contributed by atoms with van der Waals surface area (Å²) < 4.78 is 15.3. The number of fused-ring (bicyclic) bond motifs is 1. The normalized spacial score (nSPS) is 11.9. The van der Waals surface area contributed by atoms with Crippen LogP contribution in [-0.2, 0) is 14.3 Å². The van der Waals surface area contributed by atoms with Crippen LogP contribution >= 0.6 is 0 Å². The minimum atomic E-state index is -1.18. The number of hydrogen-bond acceptors (Lipinski definition) is 6.